The molecule has 5 nitrogen and oxygen atoms in total. The maximum Gasteiger partial charge on any atom is 0.223 e. The van der Waals surface area contributed by atoms with Crippen molar-refractivity contribution in [1.29, 1.82) is 0 Å². The van der Waals surface area contributed by atoms with E-state index in [2.05, 4.69) is 15.6 Å². The molecule has 2 N–H and O–H groups in total. The minimum atomic E-state index is 0. The van der Waals surface area contributed by atoms with Crippen molar-refractivity contribution in [2.24, 2.45) is 5.92 Å². The van der Waals surface area contributed by atoms with E-state index >= 15 is 0 Å². The average Bonchev–Trinajstić information content (AvgIpc) is 2.46. The molecule has 0 atom stereocenters. The number of pyridine rings is 1. The summed E-state index contributed by atoms with van der Waals surface area (Å²) >= 11 is 0. The quantitative estimate of drug-likeness (QED) is 0.876. The van der Waals surface area contributed by atoms with Gasteiger partial charge in [0.25, 0.3) is 0 Å². The molecular weight excluding hydrogens is 276 g/mol. The third-order valence-electron chi connectivity index (χ3n) is 3.45. The second-order valence-electron chi connectivity index (χ2n) is 5.12. The number of halogens is 1. The highest BCUT2D eigenvalue weighted by Gasteiger charge is 2.20. The Balaban J connectivity index is 0.00000200. The summed E-state index contributed by atoms with van der Waals surface area (Å²) in [5.74, 6) is 1.23. The van der Waals surface area contributed by atoms with Crippen molar-refractivity contribution in [3.05, 3.63) is 23.9 Å². The highest BCUT2D eigenvalue weighted by Crippen LogP contribution is 2.15. The predicted molar refractivity (Wildman–Crippen MR) is 83.3 cm³/mol. The normalized spacial score (nSPS) is 15.3. The first-order valence-electron chi connectivity index (χ1n) is 6.78. The van der Waals surface area contributed by atoms with E-state index in [0.29, 0.717) is 6.54 Å². The maximum atomic E-state index is 12.1. The minimum absolute atomic E-state index is 0. The smallest absolute Gasteiger partial charge is 0.223 e. The molecule has 0 saturated carbocycles. The van der Waals surface area contributed by atoms with Crippen LogP contribution in [0.1, 0.15) is 18.4 Å². The van der Waals surface area contributed by atoms with Crippen LogP contribution in [0.4, 0.5) is 5.82 Å². The van der Waals surface area contributed by atoms with Crippen molar-refractivity contribution in [2.45, 2.75) is 19.4 Å². The lowest BCUT2D eigenvalue weighted by molar-refractivity contribution is -0.125. The van der Waals surface area contributed by atoms with Crippen LogP contribution in [0.2, 0.25) is 0 Å². The summed E-state index contributed by atoms with van der Waals surface area (Å²) in [6, 6.07) is 3.91. The largest absolute Gasteiger partial charge is 0.362 e. The van der Waals surface area contributed by atoms with E-state index in [9.17, 15) is 4.79 Å². The molecule has 6 heteroatoms. The van der Waals surface area contributed by atoms with Gasteiger partial charge in [0, 0.05) is 38.3 Å². The first-order chi connectivity index (χ1) is 9.18. The molecule has 1 aromatic rings. The number of anilines is 1. The van der Waals surface area contributed by atoms with Crippen molar-refractivity contribution in [3.63, 3.8) is 0 Å². The Morgan fingerprint density at radius 1 is 1.45 bits per heavy atom. The van der Waals surface area contributed by atoms with Crippen LogP contribution in [0.5, 0.6) is 0 Å². The third-order valence-corrected chi connectivity index (χ3v) is 3.45. The van der Waals surface area contributed by atoms with E-state index in [4.69, 9.17) is 0 Å². The number of carbonyl (C=O) groups excluding carboxylic acids is 1. The third kappa shape index (κ3) is 4.35. The van der Waals surface area contributed by atoms with Gasteiger partial charge in [-0.3, -0.25) is 4.79 Å². The van der Waals surface area contributed by atoms with Crippen LogP contribution in [0.3, 0.4) is 0 Å². The summed E-state index contributed by atoms with van der Waals surface area (Å²) in [5, 5.41) is 6.30. The molecule has 20 heavy (non-hydrogen) atoms. The van der Waals surface area contributed by atoms with Gasteiger partial charge in [0.05, 0.1) is 0 Å². The summed E-state index contributed by atoms with van der Waals surface area (Å²) in [5.41, 5.74) is 1.05. The van der Waals surface area contributed by atoms with Gasteiger partial charge < -0.3 is 15.5 Å². The fraction of sp³-hybridized carbons (Fsp3) is 0.571. The molecule has 1 fully saturated rings. The van der Waals surface area contributed by atoms with E-state index in [1.54, 1.807) is 6.20 Å². The SMILES string of the molecule is CN(C)c1ncccc1CNC(=O)C1CCNCC1.Cl. The second-order valence-corrected chi connectivity index (χ2v) is 5.12. The van der Waals surface area contributed by atoms with Crippen LogP contribution in [0, 0.1) is 5.92 Å². The number of rotatable bonds is 4. The van der Waals surface area contributed by atoms with Gasteiger partial charge >= 0.3 is 0 Å². The highest BCUT2D eigenvalue weighted by atomic mass is 35.5. The number of nitrogens with zero attached hydrogens (tertiary/aromatic N) is 2. The summed E-state index contributed by atoms with van der Waals surface area (Å²) in [6.45, 7) is 2.42. The molecule has 0 aliphatic carbocycles. The van der Waals surface area contributed by atoms with E-state index in [1.807, 2.05) is 31.1 Å². The van der Waals surface area contributed by atoms with E-state index < -0.39 is 0 Å². The predicted octanol–water partition coefficient (Wildman–Crippen LogP) is 1.19. The summed E-state index contributed by atoms with van der Waals surface area (Å²) in [6.07, 6.45) is 3.63. The average molecular weight is 299 g/mol. The molecule has 1 saturated heterocycles. The molecule has 1 amide bonds. The number of aromatic nitrogens is 1. The van der Waals surface area contributed by atoms with Crippen LogP contribution in [-0.4, -0.2) is 38.1 Å². The summed E-state index contributed by atoms with van der Waals surface area (Å²) in [4.78, 5) is 18.4. The zero-order valence-electron chi connectivity index (χ0n) is 12.1. The number of piperidine rings is 1. The first-order valence-corrected chi connectivity index (χ1v) is 6.78. The van der Waals surface area contributed by atoms with E-state index in [0.717, 1.165) is 37.3 Å². The Morgan fingerprint density at radius 2 is 2.15 bits per heavy atom. The number of carbonyl (C=O) groups is 1. The molecule has 0 unspecified atom stereocenters. The van der Waals surface area contributed by atoms with Crippen molar-refractivity contribution in [1.82, 2.24) is 15.6 Å². The minimum Gasteiger partial charge on any atom is -0.362 e. The molecule has 2 heterocycles. The Labute approximate surface area is 126 Å². The summed E-state index contributed by atoms with van der Waals surface area (Å²) in [7, 11) is 3.92. The second kappa shape index (κ2) is 8.07. The first kappa shape index (κ1) is 16.7. The van der Waals surface area contributed by atoms with Gasteiger partial charge in [0.1, 0.15) is 5.82 Å². The van der Waals surface area contributed by atoms with Gasteiger partial charge in [0.2, 0.25) is 5.91 Å². The van der Waals surface area contributed by atoms with Crippen molar-refractivity contribution < 1.29 is 4.79 Å². The topological polar surface area (TPSA) is 57.3 Å². The molecule has 1 aliphatic rings. The standard InChI is InChI=1S/C14H22N4O.ClH/c1-18(2)13-12(4-3-7-16-13)10-17-14(19)11-5-8-15-9-6-11;/h3-4,7,11,15H,5-6,8-10H2,1-2H3,(H,17,19);1H. The molecule has 0 bridgehead atoms. The van der Waals surface area contributed by atoms with Crippen molar-refractivity contribution in [2.75, 3.05) is 32.1 Å². The molecule has 112 valence electrons. The maximum absolute atomic E-state index is 12.1. The Bertz CT molecular complexity index is 433. The van der Waals surface area contributed by atoms with Gasteiger partial charge in [-0.05, 0) is 32.0 Å². The fourth-order valence-electron chi connectivity index (χ4n) is 2.38. The summed E-state index contributed by atoms with van der Waals surface area (Å²) < 4.78 is 0. The van der Waals surface area contributed by atoms with Gasteiger partial charge in [-0.25, -0.2) is 4.98 Å². The highest BCUT2D eigenvalue weighted by molar-refractivity contribution is 5.85. The molecule has 1 aromatic heterocycles. The zero-order valence-corrected chi connectivity index (χ0v) is 12.9. The van der Waals surface area contributed by atoms with Crippen LogP contribution in [0.15, 0.2) is 18.3 Å². The molecule has 0 spiro atoms. The lowest BCUT2D eigenvalue weighted by Crippen LogP contribution is -2.38. The van der Waals surface area contributed by atoms with Crippen LogP contribution >= 0.6 is 12.4 Å². The molecule has 1 aliphatic heterocycles. The monoisotopic (exact) mass is 298 g/mol. The molecule has 0 aromatic carbocycles. The fourth-order valence-corrected chi connectivity index (χ4v) is 2.38. The lowest BCUT2D eigenvalue weighted by atomic mass is 9.97. The van der Waals surface area contributed by atoms with Gasteiger partial charge in [-0.15, -0.1) is 12.4 Å². The molecule has 2 rings (SSSR count). The molecule has 0 radical (unpaired) electrons. The van der Waals surface area contributed by atoms with Gasteiger partial charge in [0.15, 0.2) is 0 Å². The van der Waals surface area contributed by atoms with Crippen LogP contribution < -0.4 is 15.5 Å². The van der Waals surface area contributed by atoms with Gasteiger partial charge in [-0.1, -0.05) is 6.07 Å². The molecular formula is C14H23ClN4O. The van der Waals surface area contributed by atoms with Crippen molar-refractivity contribution in [3.8, 4) is 0 Å². The van der Waals surface area contributed by atoms with Crippen LogP contribution in [-0.2, 0) is 11.3 Å². The van der Waals surface area contributed by atoms with Gasteiger partial charge in [-0.2, -0.15) is 0 Å². The Hall–Kier alpha value is -1.33. The zero-order chi connectivity index (χ0) is 13.7. The lowest BCUT2D eigenvalue weighted by Gasteiger charge is -2.22. The van der Waals surface area contributed by atoms with Crippen LogP contribution in [0.25, 0.3) is 0 Å². The van der Waals surface area contributed by atoms with E-state index in [1.165, 1.54) is 0 Å². The number of hydrogen-bond acceptors (Lipinski definition) is 4. The number of amides is 1. The van der Waals surface area contributed by atoms with E-state index in [-0.39, 0.29) is 24.2 Å². The number of hydrogen-bond donors (Lipinski definition) is 2. The number of nitrogens with one attached hydrogen (secondary N) is 2. The Kier molecular flexibility index (Phi) is 6.75. The van der Waals surface area contributed by atoms with Crippen molar-refractivity contribution >= 4 is 24.1 Å². The Morgan fingerprint density at radius 3 is 2.80 bits per heavy atom.